The lowest BCUT2D eigenvalue weighted by Gasteiger charge is -2.23. The van der Waals surface area contributed by atoms with Crippen LogP contribution in [0.4, 0.5) is 0 Å². The van der Waals surface area contributed by atoms with E-state index in [0.717, 1.165) is 38.8 Å². The van der Waals surface area contributed by atoms with Gasteiger partial charge in [0.1, 0.15) is 24.2 Å². The molecule has 0 radical (unpaired) electrons. The summed E-state index contributed by atoms with van der Waals surface area (Å²) < 4.78 is 3.45. The molecule has 0 aromatic carbocycles. The Hall–Kier alpha value is -2.52. The minimum atomic E-state index is 0.0316. The maximum absolute atomic E-state index is 12.2. The number of hydrogen-bond acceptors (Lipinski definition) is 8. The normalized spacial score (nSPS) is 12.3. The Morgan fingerprint density at radius 3 is 1.42 bits per heavy atom. The first-order valence-electron chi connectivity index (χ1n) is 11.1. The number of carbonyl (C=O) groups is 2. The topological polar surface area (TPSA) is 121 Å². The van der Waals surface area contributed by atoms with Crippen LogP contribution in [0.3, 0.4) is 0 Å². The maximum atomic E-state index is 12.2. The minimum absolute atomic E-state index is 0.0316. The van der Waals surface area contributed by atoms with Gasteiger partial charge in [0.2, 0.25) is 0 Å². The van der Waals surface area contributed by atoms with Gasteiger partial charge in [0.05, 0.1) is 0 Å². The van der Waals surface area contributed by atoms with E-state index in [9.17, 15) is 9.59 Å². The highest BCUT2D eigenvalue weighted by molar-refractivity contribution is 5.81. The molecule has 2 aromatic heterocycles. The van der Waals surface area contributed by atoms with E-state index in [4.69, 9.17) is 0 Å². The average molecular weight is 433 g/mol. The van der Waals surface area contributed by atoms with E-state index in [-0.39, 0.29) is 22.4 Å². The molecule has 0 saturated heterocycles. The average Bonchev–Trinajstić information content (AvgIpc) is 3.34. The first-order valence-corrected chi connectivity index (χ1v) is 11.1. The van der Waals surface area contributed by atoms with Crippen LogP contribution in [0.2, 0.25) is 0 Å². The van der Waals surface area contributed by atoms with Crippen LogP contribution in [0.5, 0.6) is 0 Å². The van der Waals surface area contributed by atoms with Crippen LogP contribution in [0.1, 0.15) is 85.5 Å². The predicted molar refractivity (Wildman–Crippen MR) is 115 cm³/mol. The van der Waals surface area contributed by atoms with Crippen molar-refractivity contribution in [3.8, 4) is 0 Å². The summed E-state index contributed by atoms with van der Waals surface area (Å²) >= 11 is 0. The van der Waals surface area contributed by atoms with Crippen molar-refractivity contribution in [3.63, 3.8) is 0 Å². The van der Waals surface area contributed by atoms with Gasteiger partial charge in [-0.1, -0.05) is 27.7 Å². The molecule has 0 fully saturated rings. The number of nitrogens with zero attached hydrogens (tertiary/aromatic N) is 8. The SMILES string of the molecule is CC(C)(CCCC(=O)CCCC(=O)CCCC(C)(C)Cn1cnnn1)Cn1cnnn1. The number of tetrazole rings is 2. The highest BCUT2D eigenvalue weighted by atomic mass is 16.1. The van der Waals surface area contributed by atoms with E-state index < -0.39 is 0 Å². The molecule has 2 rings (SSSR count). The minimum Gasteiger partial charge on any atom is -0.300 e. The molecule has 0 amide bonds. The van der Waals surface area contributed by atoms with E-state index in [0.29, 0.717) is 32.1 Å². The molecule has 0 aliphatic rings. The molecule has 2 aromatic rings. The van der Waals surface area contributed by atoms with Gasteiger partial charge in [0.15, 0.2) is 0 Å². The van der Waals surface area contributed by atoms with Crippen LogP contribution in [0.25, 0.3) is 0 Å². The second-order valence-corrected chi connectivity index (χ2v) is 9.98. The van der Waals surface area contributed by atoms with Gasteiger partial charge in [0.25, 0.3) is 0 Å². The third-order valence-electron chi connectivity index (χ3n) is 5.49. The lowest BCUT2D eigenvalue weighted by atomic mass is 9.86. The van der Waals surface area contributed by atoms with Crippen LogP contribution >= 0.6 is 0 Å². The molecule has 0 saturated carbocycles. The molecule has 0 aliphatic carbocycles. The van der Waals surface area contributed by atoms with Gasteiger partial charge < -0.3 is 0 Å². The Labute approximate surface area is 184 Å². The highest BCUT2D eigenvalue weighted by Crippen LogP contribution is 2.26. The fourth-order valence-electron chi connectivity index (χ4n) is 3.80. The summed E-state index contributed by atoms with van der Waals surface area (Å²) in [4.78, 5) is 24.3. The Kier molecular flexibility index (Phi) is 9.39. The second kappa shape index (κ2) is 11.8. The summed E-state index contributed by atoms with van der Waals surface area (Å²) in [6.07, 6.45) is 9.54. The fraction of sp³-hybridized carbons (Fsp3) is 0.810. The van der Waals surface area contributed by atoms with Crippen LogP contribution in [0, 0.1) is 10.8 Å². The number of ketones is 2. The van der Waals surface area contributed by atoms with Gasteiger partial charge in [0, 0.05) is 38.8 Å². The lowest BCUT2D eigenvalue weighted by Crippen LogP contribution is -2.20. The molecule has 0 spiro atoms. The van der Waals surface area contributed by atoms with Crippen molar-refractivity contribution < 1.29 is 9.59 Å². The number of aromatic nitrogens is 8. The van der Waals surface area contributed by atoms with E-state index in [2.05, 4.69) is 58.7 Å². The molecule has 10 nitrogen and oxygen atoms in total. The lowest BCUT2D eigenvalue weighted by molar-refractivity contribution is -0.120. The fourth-order valence-corrected chi connectivity index (χ4v) is 3.80. The van der Waals surface area contributed by atoms with Crippen molar-refractivity contribution in [1.82, 2.24) is 40.4 Å². The zero-order valence-electron chi connectivity index (χ0n) is 19.3. The largest absolute Gasteiger partial charge is 0.300 e. The molecule has 31 heavy (non-hydrogen) atoms. The summed E-state index contributed by atoms with van der Waals surface area (Å²) in [6.45, 7) is 10.1. The quantitative estimate of drug-likeness (QED) is 0.397. The maximum Gasteiger partial charge on any atom is 0.138 e. The number of rotatable bonds is 16. The second-order valence-electron chi connectivity index (χ2n) is 9.98. The Balaban J connectivity index is 1.52. The zero-order chi connectivity index (χ0) is 22.7. The van der Waals surface area contributed by atoms with E-state index >= 15 is 0 Å². The molecule has 10 heteroatoms. The summed E-state index contributed by atoms with van der Waals surface area (Å²) in [5.41, 5.74) is 0.0632. The van der Waals surface area contributed by atoms with Gasteiger partial charge in [-0.25, -0.2) is 9.36 Å². The number of Topliss-reactive ketones (excluding diaryl/α,β-unsaturated/α-hetero) is 2. The smallest absolute Gasteiger partial charge is 0.138 e. The predicted octanol–water partition coefficient (Wildman–Crippen LogP) is 3.06. The molecule has 0 bridgehead atoms. The molecular weight excluding hydrogens is 396 g/mol. The summed E-state index contributed by atoms with van der Waals surface area (Å²) in [5.74, 6) is 0.488. The Morgan fingerprint density at radius 1 is 0.677 bits per heavy atom. The van der Waals surface area contributed by atoms with Gasteiger partial charge in [-0.3, -0.25) is 9.59 Å². The third kappa shape index (κ3) is 10.4. The molecule has 0 N–H and O–H groups in total. The highest BCUT2D eigenvalue weighted by Gasteiger charge is 2.21. The van der Waals surface area contributed by atoms with Crippen molar-refractivity contribution >= 4 is 11.6 Å². The van der Waals surface area contributed by atoms with Gasteiger partial charge in [-0.15, -0.1) is 10.2 Å². The van der Waals surface area contributed by atoms with Gasteiger partial charge in [-0.2, -0.15) is 0 Å². The van der Waals surface area contributed by atoms with Crippen LogP contribution < -0.4 is 0 Å². The van der Waals surface area contributed by atoms with Gasteiger partial charge in [-0.05, 0) is 63.8 Å². The summed E-state index contributed by atoms with van der Waals surface area (Å²) in [5, 5.41) is 22.4. The summed E-state index contributed by atoms with van der Waals surface area (Å²) in [6, 6.07) is 0. The number of hydrogen-bond donors (Lipinski definition) is 0. The summed E-state index contributed by atoms with van der Waals surface area (Å²) in [7, 11) is 0. The van der Waals surface area contributed by atoms with Crippen molar-refractivity contribution in [2.75, 3.05) is 0 Å². The van der Waals surface area contributed by atoms with E-state index in [1.165, 1.54) is 0 Å². The molecule has 0 unspecified atom stereocenters. The van der Waals surface area contributed by atoms with Crippen LogP contribution in [-0.4, -0.2) is 52.0 Å². The molecule has 0 atom stereocenters. The van der Waals surface area contributed by atoms with Crippen molar-refractivity contribution in [2.24, 2.45) is 10.8 Å². The van der Waals surface area contributed by atoms with E-state index in [1.807, 2.05) is 0 Å². The third-order valence-corrected chi connectivity index (χ3v) is 5.49. The van der Waals surface area contributed by atoms with Crippen molar-refractivity contribution in [2.45, 2.75) is 98.6 Å². The van der Waals surface area contributed by atoms with Gasteiger partial charge >= 0.3 is 0 Å². The standard InChI is InChI=1S/C21H36N8O2/c1-20(2,14-28-16-22-24-26-28)12-6-10-18(30)8-5-9-19(31)11-7-13-21(3,4)15-29-17-23-25-27-29/h16-17H,5-15H2,1-4H3. The Bertz CT molecular complexity index is 718. The van der Waals surface area contributed by atoms with Crippen molar-refractivity contribution in [3.05, 3.63) is 12.7 Å². The first-order chi connectivity index (χ1) is 14.7. The van der Waals surface area contributed by atoms with Crippen molar-refractivity contribution in [1.29, 1.82) is 0 Å². The Morgan fingerprint density at radius 2 is 1.06 bits per heavy atom. The zero-order valence-corrected chi connectivity index (χ0v) is 19.3. The first kappa shape index (κ1) is 24.7. The number of carbonyl (C=O) groups excluding carboxylic acids is 2. The molecule has 172 valence electrons. The monoisotopic (exact) mass is 432 g/mol. The van der Waals surface area contributed by atoms with Crippen LogP contribution in [-0.2, 0) is 22.7 Å². The van der Waals surface area contributed by atoms with E-state index in [1.54, 1.807) is 22.0 Å². The molecular formula is C21H36N8O2. The molecule has 0 aliphatic heterocycles. The van der Waals surface area contributed by atoms with Crippen LogP contribution in [0.15, 0.2) is 12.7 Å². The molecule has 2 heterocycles.